The molecule has 0 bridgehead atoms. The lowest BCUT2D eigenvalue weighted by molar-refractivity contribution is -0.0458. The van der Waals surface area contributed by atoms with Crippen LogP contribution in [0.15, 0.2) is 15.8 Å². The van der Waals surface area contributed by atoms with E-state index in [0.29, 0.717) is 5.56 Å². The van der Waals surface area contributed by atoms with Crippen molar-refractivity contribution in [1.82, 2.24) is 9.55 Å². The van der Waals surface area contributed by atoms with Gasteiger partial charge in [-0.2, -0.15) is 0 Å². The van der Waals surface area contributed by atoms with E-state index >= 15 is 0 Å². The summed E-state index contributed by atoms with van der Waals surface area (Å²) in [6, 6.07) is 0. The largest absolute Gasteiger partial charge is 0.472 e. The van der Waals surface area contributed by atoms with Crippen LogP contribution >= 0.6 is 7.82 Å². The molecule has 2 rings (SSSR count). The number of hydrogen-bond acceptors (Lipinski definition) is 7. The Morgan fingerprint density at radius 1 is 1.55 bits per heavy atom. The number of nitrogens with one attached hydrogen (secondary N) is 1. The number of aromatic amines is 1. The van der Waals surface area contributed by atoms with E-state index in [1.54, 1.807) is 0 Å². The molecular weight excluding hydrogens is 319 g/mol. The van der Waals surface area contributed by atoms with Crippen LogP contribution in [0, 0.1) is 6.92 Å². The third-order valence-corrected chi connectivity index (χ3v) is 4.23. The number of phosphoric ester groups is 1. The lowest BCUT2D eigenvalue weighted by Gasteiger charge is -2.17. The van der Waals surface area contributed by atoms with Crippen molar-refractivity contribution in [3.05, 3.63) is 32.6 Å². The zero-order chi connectivity index (χ0) is 16.5. The van der Waals surface area contributed by atoms with E-state index in [2.05, 4.69) is 14.0 Å². The lowest BCUT2D eigenvalue weighted by Crippen LogP contribution is -2.33. The summed E-state index contributed by atoms with van der Waals surface area (Å²) in [4.78, 5) is 34.4. The van der Waals surface area contributed by atoms with Crippen LogP contribution in [0.5, 0.6) is 0 Å². The number of phosphoric acid groups is 1. The number of aliphatic hydroxyl groups excluding tert-OH is 1. The Kier molecular flexibility index (Phi) is 5.00. The molecule has 0 aliphatic carbocycles. The first-order chi connectivity index (χ1) is 10.2. The van der Waals surface area contributed by atoms with Crippen LogP contribution in [-0.4, -0.2) is 45.5 Å². The minimum atomic E-state index is -4.18. The van der Waals surface area contributed by atoms with E-state index in [1.807, 2.05) is 0 Å². The average molecular weight is 336 g/mol. The average Bonchev–Trinajstić information content (AvgIpc) is 2.82. The maximum atomic E-state index is 11.8. The number of nitrogens with zero attached hydrogens (tertiary/aromatic N) is 1. The summed E-state index contributed by atoms with van der Waals surface area (Å²) in [7, 11) is -3.16. The Bertz CT molecular complexity index is 698. The van der Waals surface area contributed by atoms with E-state index < -0.39 is 37.5 Å². The molecule has 3 N–H and O–H groups in total. The molecule has 2 heterocycles. The zero-order valence-electron chi connectivity index (χ0n) is 12.0. The van der Waals surface area contributed by atoms with Crippen molar-refractivity contribution in [3.63, 3.8) is 0 Å². The summed E-state index contributed by atoms with van der Waals surface area (Å²) in [6.45, 7) is 1.15. The van der Waals surface area contributed by atoms with Gasteiger partial charge in [0.1, 0.15) is 12.3 Å². The van der Waals surface area contributed by atoms with E-state index in [9.17, 15) is 19.3 Å². The minimum absolute atomic E-state index is 0.0716. The molecule has 1 aliphatic rings. The highest BCUT2D eigenvalue weighted by molar-refractivity contribution is 7.47. The molecule has 2 unspecified atom stereocenters. The molecule has 1 aromatic heterocycles. The van der Waals surface area contributed by atoms with Gasteiger partial charge in [-0.1, -0.05) is 0 Å². The fourth-order valence-corrected chi connectivity index (χ4v) is 2.50. The smallest absolute Gasteiger partial charge is 0.390 e. The van der Waals surface area contributed by atoms with Crippen molar-refractivity contribution in [2.24, 2.45) is 0 Å². The maximum Gasteiger partial charge on any atom is 0.472 e. The minimum Gasteiger partial charge on any atom is -0.390 e. The maximum absolute atomic E-state index is 11.8. The van der Waals surface area contributed by atoms with Crippen molar-refractivity contribution in [2.75, 3.05) is 13.7 Å². The molecule has 1 aromatic rings. The Balaban J connectivity index is 2.11. The summed E-state index contributed by atoms with van der Waals surface area (Å²) in [5.41, 5.74) is -0.850. The molecule has 124 valence electrons. The van der Waals surface area contributed by atoms with Crippen molar-refractivity contribution >= 4 is 7.82 Å². The van der Waals surface area contributed by atoms with Gasteiger partial charge in [0.15, 0.2) is 0 Å². The van der Waals surface area contributed by atoms with Gasteiger partial charge in [0.05, 0.1) is 12.7 Å². The highest BCUT2D eigenvalue weighted by atomic mass is 31.2. The number of H-pyrrole nitrogens is 1. The number of rotatable bonds is 5. The lowest BCUT2D eigenvalue weighted by atomic mass is 10.2. The molecule has 0 amide bonds. The Morgan fingerprint density at radius 3 is 2.86 bits per heavy atom. The second-order valence-electron chi connectivity index (χ2n) is 4.86. The standard InChI is InChI=1S/C11H17N2O8P/c1-6-4-13(11(16)12-10(6)15)9-3-7(14)8(21-9)5-20-22(17,18)19-2/h4,7-9,14H,3,5H2,1-2H3,(H,17,18)(H,12,15,16)/t7?,8-,9-/m0/s1. The molecule has 10 nitrogen and oxygen atoms in total. The van der Waals surface area contributed by atoms with Crippen LogP contribution in [-0.2, 0) is 18.3 Å². The summed E-state index contributed by atoms with van der Waals surface area (Å²) in [5, 5.41) is 9.90. The van der Waals surface area contributed by atoms with Crippen LogP contribution in [0.2, 0.25) is 0 Å². The van der Waals surface area contributed by atoms with Crippen molar-refractivity contribution in [3.8, 4) is 0 Å². The summed E-state index contributed by atoms with van der Waals surface area (Å²) >= 11 is 0. The molecule has 1 saturated heterocycles. The van der Waals surface area contributed by atoms with Crippen molar-refractivity contribution in [1.29, 1.82) is 0 Å². The van der Waals surface area contributed by atoms with Gasteiger partial charge in [0.25, 0.3) is 5.56 Å². The predicted molar refractivity (Wildman–Crippen MR) is 73.4 cm³/mol. The normalized spacial score (nSPS) is 27.7. The second kappa shape index (κ2) is 6.45. The van der Waals surface area contributed by atoms with Gasteiger partial charge in [-0.15, -0.1) is 0 Å². The molecule has 0 saturated carbocycles. The van der Waals surface area contributed by atoms with Gasteiger partial charge in [-0.3, -0.25) is 23.4 Å². The molecule has 0 aromatic carbocycles. The molecule has 4 atom stereocenters. The van der Waals surface area contributed by atoms with E-state index in [-0.39, 0.29) is 13.0 Å². The highest BCUT2D eigenvalue weighted by Gasteiger charge is 2.37. The quantitative estimate of drug-likeness (QED) is 0.597. The molecular formula is C11H17N2O8P. The zero-order valence-corrected chi connectivity index (χ0v) is 12.9. The molecule has 22 heavy (non-hydrogen) atoms. The van der Waals surface area contributed by atoms with Crippen LogP contribution in [0.1, 0.15) is 18.2 Å². The first kappa shape index (κ1) is 17.1. The van der Waals surface area contributed by atoms with Gasteiger partial charge in [-0.25, -0.2) is 9.36 Å². The first-order valence-electron chi connectivity index (χ1n) is 6.42. The number of aromatic nitrogens is 2. The highest BCUT2D eigenvalue weighted by Crippen LogP contribution is 2.43. The summed E-state index contributed by atoms with van der Waals surface area (Å²) < 4.78 is 26.7. The number of hydrogen-bond donors (Lipinski definition) is 3. The van der Waals surface area contributed by atoms with Gasteiger partial charge in [0.2, 0.25) is 0 Å². The molecule has 11 heteroatoms. The van der Waals surface area contributed by atoms with E-state index in [4.69, 9.17) is 9.63 Å². The third-order valence-electron chi connectivity index (χ3n) is 3.29. The Morgan fingerprint density at radius 2 is 2.23 bits per heavy atom. The number of aryl methyl sites for hydroxylation is 1. The topological polar surface area (TPSA) is 140 Å². The van der Waals surface area contributed by atoms with Gasteiger partial charge >= 0.3 is 13.5 Å². The monoisotopic (exact) mass is 336 g/mol. The van der Waals surface area contributed by atoms with Crippen LogP contribution < -0.4 is 11.2 Å². The first-order valence-corrected chi connectivity index (χ1v) is 7.91. The fraction of sp³-hybridized carbons (Fsp3) is 0.636. The number of ether oxygens (including phenoxy) is 1. The van der Waals surface area contributed by atoms with Crippen molar-refractivity contribution in [2.45, 2.75) is 31.8 Å². The summed E-state index contributed by atoms with van der Waals surface area (Å²) in [6.07, 6.45) is -1.32. The Hall–Kier alpha value is -1.29. The SMILES string of the molecule is COP(=O)(O)OC[C@@H]1O[C@H](n2cc(C)c(=O)[nH]c2=O)CC1O. The molecule has 1 aliphatic heterocycles. The van der Waals surface area contributed by atoms with Gasteiger partial charge in [-0.05, 0) is 6.92 Å². The third kappa shape index (κ3) is 3.72. The van der Waals surface area contributed by atoms with Crippen molar-refractivity contribution < 1.29 is 28.3 Å². The molecule has 0 spiro atoms. The fourth-order valence-electron chi connectivity index (χ4n) is 2.06. The van der Waals surface area contributed by atoms with Gasteiger partial charge < -0.3 is 14.7 Å². The summed E-state index contributed by atoms with van der Waals surface area (Å²) in [5.74, 6) is 0. The van der Waals surface area contributed by atoms with Gasteiger partial charge in [0, 0.05) is 25.3 Å². The predicted octanol–water partition coefficient (Wildman–Crippen LogP) is -0.743. The van der Waals surface area contributed by atoms with E-state index in [1.165, 1.54) is 13.1 Å². The second-order valence-corrected chi connectivity index (χ2v) is 6.42. The van der Waals surface area contributed by atoms with Crippen LogP contribution in [0.25, 0.3) is 0 Å². The van der Waals surface area contributed by atoms with Crippen LogP contribution in [0.3, 0.4) is 0 Å². The molecule has 0 radical (unpaired) electrons. The molecule has 1 fully saturated rings. The number of aliphatic hydroxyl groups is 1. The van der Waals surface area contributed by atoms with Crippen LogP contribution in [0.4, 0.5) is 0 Å². The Labute approximate surface area is 124 Å². The van der Waals surface area contributed by atoms with E-state index in [0.717, 1.165) is 11.7 Å².